The van der Waals surface area contributed by atoms with Gasteiger partial charge >= 0.3 is 0 Å². The average molecular weight is 278 g/mol. The van der Waals surface area contributed by atoms with Gasteiger partial charge in [-0.15, -0.1) is 0 Å². The molecule has 1 saturated heterocycles. The summed E-state index contributed by atoms with van der Waals surface area (Å²) >= 11 is 0. The largest absolute Gasteiger partial charge is 0.311 e. The summed E-state index contributed by atoms with van der Waals surface area (Å²) in [7, 11) is 1.99. The molecule has 1 aromatic heterocycles. The quantitative estimate of drug-likeness (QED) is 0.918. The number of nitrogens with zero attached hydrogens (tertiary/aromatic N) is 3. The second kappa shape index (κ2) is 6.27. The average Bonchev–Trinajstić information content (AvgIpc) is 2.74. The van der Waals surface area contributed by atoms with E-state index in [2.05, 4.69) is 49.2 Å². The summed E-state index contributed by atoms with van der Waals surface area (Å²) in [6.07, 6.45) is 6.64. The Kier molecular flexibility index (Phi) is 4.86. The Morgan fingerprint density at radius 1 is 1.40 bits per heavy atom. The van der Waals surface area contributed by atoms with Gasteiger partial charge in [0.15, 0.2) is 0 Å². The van der Waals surface area contributed by atoms with E-state index in [1.54, 1.807) is 0 Å². The lowest BCUT2D eigenvalue weighted by Crippen LogP contribution is -2.60. The predicted octanol–water partition coefficient (Wildman–Crippen LogP) is 2.41. The van der Waals surface area contributed by atoms with E-state index in [4.69, 9.17) is 0 Å². The highest BCUT2D eigenvalue weighted by atomic mass is 15.3. The van der Waals surface area contributed by atoms with E-state index in [9.17, 15) is 0 Å². The molecule has 4 nitrogen and oxygen atoms in total. The second-order valence-corrected chi connectivity index (χ2v) is 7.23. The minimum absolute atomic E-state index is 0.298. The monoisotopic (exact) mass is 278 g/mol. The number of hydrogen-bond acceptors (Lipinski definition) is 3. The topological polar surface area (TPSA) is 33.1 Å². The van der Waals surface area contributed by atoms with Crippen molar-refractivity contribution in [3.8, 4) is 0 Å². The fourth-order valence-corrected chi connectivity index (χ4v) is 3.24. The van der Waals surface area contributed by atoms with E-state index in [-0.39, 0.29) is 0 Å². The van der Waals surface area contributed by atoms with Crippen molar-refractivity contribution in [2.75, 3.05) is 13.1 Å². The molecule has 1 aromatic rings. The molecule has 0 aliphatic carbocycles. The van der Waals surface area contributed by atoms with Gasteiger partial charge in [-0.25, -0.2) is 0 Å². The number of piperazine rings is 1. The fourth-order valence-electron chi connectivity index (χ4n) is 3.24. The van der Waals surface area contributed by atoms with Crippen molar-refractivity contribution in [1.82, 2.24) is 20.0 Å². The highest BCUT2D eigenvalue weighted by Crippen LogP contribution is 2.28. The summed E-state index contributed by atoms with van der Waals surface area (Å²) in [6, 6.07) is 1.21. The maximum Gasteiger partial charge on any atom is 0.0534 e. The van der Waals surface area contributed by atoms with E-state index in [0.29, 0.717) is 17.5 Å². The highest BCUT2D eigenvalue weighted by molar-refractivity contribution is 5.05. The molecule has 4 heteroatoms. The Labute approximate surface area is 123 Å². The van der Waals surface area contributed by atoms with Gasteiger partial charge < -0.3 is 5.32 Å². The van der Waals surface area contributed by atoms with Crippen LogP contribution in [0.3, 0.4) is 0 Å². The molecular weight excluding hydrogens is 248 g/mol. The van der Waals surface area contributed by atoms with Crippen molar-refractivity contribution in [3.05, 3.63) is 18.0 Å². The number of aromatic nitrogens is 2. The Hall–Kier alpha value is -0.870. The second-order valence-electron chi connectivity index (χ2n) is 7.23. The first kappa shape index (κ1) is 15.5. The molecule has 1 aliphatic heterocycles. The highest BCUT2D eigenvalue weighted by Gasteiger charge is 2.35. The molecule has 1 fully saturated rings. The molecule has 2 unspecified atom stereocenters. The van der Waals surface area contributed by atoms with Crippen LogP contribution in [0.25, 0.3) is 0 Å². The Morgan fingerprint density at radius 3 is 2.70 bits per heavy atom. The van der Waals surface area contributed by atoms with E-state index >= 15 is 0 Å². The molecule has 2 rings (SSSR count). The number of rotatable bonds is 4. The summed E-state index contributed by atoms with van der Waals surface area (Å²) in [5, 5.41) is 8.03. The zero-order valence-electron chi connectivity index (χ0n) is 13.7. The molecule has 114 valence electrons. The predicted molar refractivity (Wildman–Crippen MR) is 83.6 cm³/mol. The van der Waals surface area contributed by atoms with Crippen molar-refractivity contribution in [2.45, 2.75) is 59.2 Å². The van der Waals surface area contributed by atoms with Gasteiger partial charge in [0.05, 0.1) is 6.20 Å². The summed E-state index contributed by atoms with van der Waals surface area (Å²) in [4.78, 5) is 2.65. The van der Waals surface area contributed by atoms with Crippen molar-refractivity contribution in [2.24, 2.45) is 12.5 Å². The van der Waals surface area contributed by atoms with Crippen LogP contribution in [0.4, 0.5) is 0 Å². The molecule has 2 heterocycles. The fraction of sp³-hybridized carbons (Fsp3) is 0.812. The normalized spacial score (nSPS) is 25.1. The van der Waals surface area contributed by atoms with Gasteiger partial charge in [-0.1, -0.05) is 34.1 Å². The molecule has 1 aliphatic rings. The number of aryl methyl sites for hydroxylation is 1. The lowest BCUT2D eigenvalue weighted by molar-refractivity contribution is 0.0474. The van der Waals surface area contributed by atoms with E-state index in [0.717, 1.165) is 19.6 Å². The molecule has 1 N–H and O–H groups in total. The van der Waals surface area contributed by atoms with Crippen LogP contribution in [0.2, 0.25) is 0 Å². The van der Waals surface area contributed by atoms with Gasteiger partial charge in [0.1, 0.15) is 0 Å². The lowest BCUT2D eigenvalue weighted by Gasteiger charge is -2.46. The Morgan fingerprint density at radius 2 is 2.15 bits per heavy atom. The molecule has 0 bridgehead atoms. The molecule has 0 saturated carbocycles. The van der Waals surface area contributed by atoms with Crippen LogP contribution in [0.1, 0.15) is 46.1 Å². The maximum absolute atomic E-state index is 4.30. The van der Waals surface area contributed by atoms with Crippen molar-refractivity contribution < 1.29 is 0 Å². The molecule has 0 spiro atoms. The van der Waals surface area contributed by atoms with Crippen LogP contribution in [-0.2, 0) is 13.6 Å². The van der Waals surface area contributed by atoms with Gasteiger partial charge in [0, 0.05) is 50.5 Å². The summed E-state index contributed by atoms with van der Waals surface area (Å²) in [6.45, 7) is 12.5. The van der Waals surface area contributed by atoms with Crippen molar-refractivity contribution in [1.29, 1.82) is 0 Å². The van der Waals surface area contributed by atoms with Gasteiger partial charge in [0.25, 0.3) is 0 Å². The third kappa shape index (κ3) is 3.83. The molecular formula is C16H30N4. The van der Waals surface area contributed by atoms with Crippen LogP contribution in [-0.4, -0.2) is 39.9 Å². The molecule has 20 heavy (non-hydrogen) atoms. The molecule has 0 aromatic carbocycles. The van der Waals surface area contributed by atoms with Crippen molar-refractivity contribution in [3.63, 3.8) is 0 Å². The standard InChI is InChI=1S/C16H30N4/c1-6-7-14-12-20(11-13-8-18-19(5)10-13)15(9-17-14)16(2,3)4/h8,10,14-15,17H,6-7,9,11-12H2,1-5H3. The molecule has 0 amide bonds. The SMILES string of the molecule is CCCC1CN(Cc2cnn(C)c2)C(C(C)(C)C)CN1. The van der Waals surface area contributed by atoms with Crippen LogP contribution in [0.15, 0.2) is 12.4 Å². The van der Waals surface area contributed by atoms with E-state index in [1.165, 1.54) is 18.4 Å². The first-order valence-corrected chi connectivity index (χ1v) is 7.85. The van der Waals surface area contributed by atoms with Gasteiger partial charge in [-0.3, -0.25) is 9.58 Å². The third-order valence-corrected chi connectivity index (χ3v) is 4.28. The smallest absolute Gasteiger partial charge is 0.0534 e. The number of hydrogen-bond donors (Lipinski definition) is 1. The zero-order chi connectivity index (χ0) is 14.8. The first-order chi connectivity index (χ1) is 9.40. The molecule has 2 atom stereocenters. The zero-order valence-corrected chi connectivity index (χ0v) is 13.7. The van der Waals surface area contributed by atoms with Gasteiger partial charge in [-0.05, 0) is 11.8 Å². The van der Waals surface area contributed by atoms with Crippen LogP contribution in [0.5, 0.6) is 0 Å². The van der Waals surface area contributed by atoms with E-state index in [1.807, 2.05) is 17.9 Å². The maximum atomic E-state index is 4.30. The third-order valence-electron chi connectivity index (χ3n) is 4.28. The van der Waals surface area contributed by atoms with Gasteiger partial charge in [-0.2, -0.15) is 5.10 Å². The Balaban J connectivity index is 2.09. The van der Waals surface area contributed by atoms with Crippen LogP contribution in [0, 0.1) is 5.41 Å². The Bertz CT molecular complexity index is 418. The van der Waals surface area contributed by atoms with Gasteiger partial charge in [0.2, 0.25) is 0 Å². The summed E-state index contributed by atoms with van der Waals surface area (Å²) in [5.41, 5.74) is 1.62. The minimum Gasteiger partial charge on any atom is -0.311 e. The first-order valence-electron chi connectivity index (χ1n) is 7.85. The van der Waals surface area contributed by atoms with E-state index < -0.39 is 0 Å². The van der Waals surface area contributed by atoms with Crippen LogP contribution < -0.4 is 5.32 Å². The number of nitrogens with one attached hydrogen (secondary N) is 1. The molecule has 0 radical (unpaired) electrons. The summed E-state index contributed by atoms with van der Waals surface area (Å²) in [5.74, 6) is 0. The minimum atomic E-state index is 0.298. The lowest BCUT2D eigenvalue weighted by atomic mass is 9.83. The van der Waals surface area contributed by atoms with Crippen LogP contribution >= 0.6 is 0 Å². The summed E-state index contributed by atoms with van der Waals surface area (Å²) < 4.78 is 1.90. The van der Waals surface area contributed by atoms with Crippen molar-refractivity contribution >= 4 is 0 Å².